The molecule has 0 aliphatic carbocycles. The van der Waals surface area contributed by atoms with Gasteiger partial charge in [0.1, 0.15) is 5.82 Å². The number of methoxy groups -OCH3 is 1. The molecule has 1 aromatic rings. The standard InChI is InChI=1S/C13H19ClFNO/c1-9(6-7-17-3)13(16-2)11-5-4-10(14)8-12(11)15/h4-5,8-9,13,16H,6-7H2,1-3H3. The van der Waals surface area contributed by atoms with Crippen molar-refractivity contribution in [3.05, 3.63) is 34.6 Å². The molecule has 96 valence electrons. The fraction of sp³-hybridized carbons (Fsp3) is 0.538. The van der Waals surface area contributed by atoms with Crippen molar-refractivity contribution in [2.75, 3.05) is 20.8 Å². The molecule has 0 fully saturated rings. The maximum absolute atomic E-state index is 13.8. The van der Waals surface area contributed by atoms with E-state index in [0.29, 0.717) is 17.2 Å². The summed E-state index contributed by atoms with van der Waals surface area (Å²) >= 11 is 5.75. The number of nitrogens with one attached hydrogen (secondary N) is 1. The van der Waals surface area contributed by atoms with Crippen molar-refractivity contribution >= 4 is 11.6 Å². The van der Waals surface area contributed by atoms with Gasteiger partial charge in [0, 0.05) is 30.3 Å². The van der Waals surface area contributed by atoms with Crippen LogP contribution in [0.4, 0.5) is 4.39 Å². The van der Waals surface area contributed by atoms with Crippen LogP contribution in [-0.2, 0) is 4.74 Å². The monoisotopic (exact) mass is 259 g/mol. The zero-order valence-corrected chi connectivity index (χ0v) is 11.2. The predicted octanol–water partition coefficient (Wildman–Crippen LogP) is 3.41. The first kappa shape index (κ1) is 14.4. The van der Waals surface area contributed by atoms with Crippen LogP contribution in [0, 0.1) is 11.7 Å². The Morgan fingerprint density at radius 1 is 1.47 bits per heavy atom. The molecule has 0 amide bonds. The first-order chi connectivity index (χ1) is 8.10. The van der Waals surface area contributed by atoms with Gasteiger partial charge >= 0.3 is 0 Å². The van der Waals surface area contributed by atoms with Crippen LogP contribution < -0.4 is 5.32 Å². The van der Waals surface area contributed by atoms with Crippen molar-refractivity contribution in [1.82, 2.24) is 5.32 Å². The smallest absolute Gasteiger partial charge is 0.129 e. The summed E-state index contributed by atoms with van der Waals surface area (Å²) in [6, 6.07) is 4.78. The van der Waals surface area contributed by atoms with Crippen LogP contribution in [-0.4, -0.2) is 20.8 Å². The molecule has 0 radical (unpaired) electrons. The second-order valence-corrected chi connectivity index (χ2v) is 4.63. The van der Waals surface area contributed by atoms with E-state index < -0.39 is 0 Å². The third-order valence-corrected chi connectivity index (χ3v) is 3.19. The van der Waals surface area contributed by atoms with Crippen molar-refractivity contribution < 1.29 is 9.13 Å². The number of benzene rings is 1. The molecular formula is C13H19ClFNO. The Hall–Kier alpha value is -0.640. The van der Waals surface area contributed by atoms with Gasteiger partial charge in [0.25, 0.3) is 0 Å². The van der Waals surface area contributed by atoms with E-state index in [1.54, 1.807) is 19.2 Å². The van der Waals surface area contributed by atoms with Crippen molar-refractivity contribution in [1.29, 1.82) is 0 Å². The molecule has 0 aromatic heterocycles. The highest BCUT2D eigenvalue weighted by molar-refractivity contribution is 6.30. The summed E-state index contributed by atoms with van der Waals surface area (Å²) in [5, 5.41) is 3.57. The average Bonchev–Trinajstić information content (AvgIpc) is 2.30. The number of ether oxygens (including phenoxy) is 1. The molecule has 2 unspecified atom stereocenters. The van der Waals surface area contributed by atoms with Gasteiger partial charge in [0.05, 0.1) is 0 Å². The molecule has 0 heterocycles. The molecule has 1 N–H and O–H groups in total. The van der Waals surface area contributed by atoms with Crippen molar-refractivity contribution in [2.24, 2.45) is 5.92 Å². The van der Waals surface area contributed by atoms with Gasteiger partial charge in [-0.2, -0.15) is 0 Å². The second-order valence-electron chi connectivity index (χ2n) is 4.19. The van der Waals surface area contributed by atoms with Gasteiger partial charge in [-0.3, -0.25) is 0 Å². The maximum atomic E-state index is 13.8. The lowest BCUT2D eigenvalue weighted by molar-refractivity contribution is 0.171. The summed E-state index contributed by atoms with van der Waals surface area (Å²) < 4.78 is 18.9. The van der Waals surface area contributed by atoms with Crippen molar-refractivity contribution in [3.8, 4) is 0 Å². The number of halogens is 2. The van der Waals surface area contributed by atoms with Crippen molar-refractivity contribution in [3.63, 3.8) is 0 Å². The molecule has 2 nitrogen and oxygen atoms in total. The Kier molecular flexibility index (Phi) is 5.89. The highest BCUT2D eigenvalue weighted by Crippen LogP contribution is 2.27. The Labute approximate surface area is 107 Å². The summed E-state index contributed by atoms with van der Waals surface area (Å²) in [6.45, 7) is 2.75. The van der Waals surface area contributed by atoms with Gasteiger partial charge in [-0.1, -0.05) is 24.6 Å². The van der Waals surface area contributed by atoms with E-state index in [9.17, 15) is 4.39 Å². The molecule has 1 rings (SSSR count). The molecule has 0 saturated heterocycles. The summed E-state index contributed by atoms with van der Waals surface area (Å²) in [7, 11) is 3.51. The van der Waals surface area contributed by atoms with E-state index in [-0.39, 0.29) is 17.8 Å². The van der Waals surface area contributed by atoms with E-state index in [1.807, 2.05) is 7.05 Å². The maximum Gasteiger partial charge on any atom is 0.129 e. The fourth-order valence-corrected chi connectivity index (χ4v) is 2.13. The molecule has 0 saturated carbocycles. The van der Waals surface area contributed by atoms with Crippen LogP contribution >= 0.6 is 11.6 Å². The van der Waals surface area contributed by atoms with Gasteiger partial charge < -0.3 is 10.1 Å². The second kappa shape index (κ2) is 6.94. The van der Waals surface area contributed by atoms with Crippen molar-refractivity contribution in [2.45, 2.75) is 19.4 Å². The Balaban J connectivity index is 2.85. The predicted molar refractivity (Wildman–Crippen MR) is 68.9 cm³/mol. The molecule has 0 aliphatic rings. The highest BCUT2D eigenvalue weighted by Gasteiger charge is 2.20. The largest absolute Gasteiger partial charge is 0.385 e. The topological polar surface area (TPSA) is 21.3 Å². The Morgan fingerprint density at radius 3 is 2.71 bits per heavy atom. The van der Waals surface area contributed by atoms with Crippen LogP contribution in [0.5, 0.6) is 0 Å². The van der Waals surface area contributed by atoms with E-state index in [1.165, 1.54) is 6.07 Å². The third kappa shape index (κ3) is 3.95. The Morgan fingerprint density at radius 2 is 2.18 bits per heavy atom. The zero-order valence-electron chi connectivity index (χ0n) is 10.5. The summed E-state index contributed by atoms with van der Waals surface area (Å²) in [6.07, 6.45) is 0.879. The molecule has 2 atom stereocenters. The minimum Gasteiger partial charge on any atom is -0.385 e. The number of hydrogen-bond donors (Lipinski definition) is 1. The average molecular weight is 260 g/mol. The molecule has 0 bridgehead atoms. The van der Waals surface area contributed by atoms with E-state index in [0.717, 1.165) is 6.42 Å². The lowest BCUT2D eigenvalue weighted by Crippen LogP contribution is -2.25. The molecular weight excluding hydrogens is 241 g/mol. The third-order valence-electron chi connectivity index (χ3n) is 2.95. The van der Waals surface area contributed by atoms with Crippen LogP contribution in [0.3, 0.4) is 0 Å². The van der Waals surface area contributed by atoms with Crippen LogP contribution in [0.2, 0.25) is 5.02 Å². The highest BCUT2D eigenvalue weighted by atomic mass is 35.5. The van der Waals surface area contributed by atoms with Gasteiger partial charge in [-0.05, 0) is 31.5 Å². The first-order valence-electron chi connectivity index (χ1n) is 5.71. The Bertz CT molecular complexity index is 359. The quantitative estimate of drug-likeness (QED) is 0.845. The molecule has 1 aromatic carbocycles. The number of rotatable bonds is 6. The van der Waals surface area contributed by atoms with Crippen LogP contribution in [0.15, 0.2) is 18.2 Å². The summed E-state index contributed by atoms with van der Waals surface area (Å²) in [4.78, 5) is 0. The molecule has 4 heteroatoms. The van der Waals surface area contributed by atoms with Gasteiger partial charge in [0.15, 0.2) is 0 Å². The van der Waals surface area contributed by atoms with E-state index in [2.05, 4.69) is 12.2 Å². The summed E-state index contributed by atoms with van der Waals surface area (Å²) in [5.41, 5.74) is 0.653. The number of hydrogen-bond acceptors (Lipinski definition) is 2. The first-order valence-corrected chi connectivity index (χ1v) is 6.09. The summed E-state index contributed by atoms with van der Waals surface area (Å²) in [5.74, 6) is 0.0248. The van der Waals surface area contributed by atoms with E-state index in [4.69, 9.17) is 16.3 Å². The fourth-order valence-electron chi connectivity index (χ4n) is 1.97. The SMILES string of the molecule is CNC(c1ccc(Cl)cc1F)C(C)CCOC. The van der Waals surface area contributed by atoms with Crippen LogP contribution in [0.1, 0.15) is 24.9 Å². The van der Waals surface area contributed by atoms with Gasteiger partial charge in [-0.25, -0.2) is 4.39 Å². The zero-order chi connectivity index (χ0) is 12.8. The molecule has 0 aliphatic heterocycles. The molecule has 0 spiro atoms. The van der Waals surface area contributed by atoms with E-state index >= 15 is 0 Å². The minimum absolute atomic E-state index is 0.0255. The van der Waals surface area contributed by atoms with Gasteiger partial charge in [-0.15, -0.1) is 0 Å². The van der Waals surface area contributed by atoms with Gasteiger partial charge in [0.2, 0.25) is 0 Å². The minimum atomic E-state index is -0.263. The lowest BCUT2D eigenvalue weighted by Gasteiger charge is -2.24. The lowest BCUT2D eigenvalue weighted by atomic mass is 9.92. The normalized spacial score (nSPS) is 14.6. The van der Waals surface area contributed by atoms with Crippen LogP contribution in [0.25, 0.3) is 0 Å². The molecule has 17 heavy (non-hydrogen) atoms.